The van der Waals surface area contributed by atoms with Gasteiger partial charge in [0, 0.05) is 37.5 Å². The van der Waals surface area contributed by atoms with E-state index in [1.807, 2.05) is 30.9 Å². The topological polar surface area (TPSA) is 41.6 Å². The number of hydrogen-bond donors (Lipinski definition) is 1. The van der Waals surface area contributed by atoms with Gasteiger partial charge in [-0.3, -0.25) is 4.79 Å². The number of ether oxygens (including phenoxy) is 1. The molecule has 1 aliphatic heterocycles. The fourth-order valence-electron chi connectivity index (χ4n) is 2.63. The van der Waals surface area contributed by atoms with Gasteiger partial charge in [0.25, 0.3) is 5.91 Å². The molecule has 1 aliphatic rings. The van der Waals surface area contributed by atoms with Crippen LogP contribution in [0.1, 0.15) is 42.6 Å². The van der Waals surface area contributed by atoms with E-state index in [1.165, 1.54) is 0 Å². The van der Waals surface area contributed by atoms with Gasteiger partial charge in [0.15, 0.2) is 0 Å². The van der Waals surface area contributed by atoms with E-state index in [4.69, 9.17) is 4.74 Å². The van der Waals surface area contributed by atoms with Crippen LogP contribution in [0, 0.1) is 6.92 Å². The van der Waals surface area contributed by atoms with Crippen LogP contribution in [-0.2, 0) is 4.74 Å². The average Bonchev–Trinajstić information content (AvgIpc) is 2.69. The molecular weight excluding hydrogens is 264 g/mol. The summed E-state index contributed by atoms with van der Waals surface area (Å²) >= 11 is 0. The van der Waals surface area contributed by atoms with Crippen LogP contribution in [0.25, 0.3) is 0 Å². The molecule has 1 amide bonds. The Morgan fingerprint density at radius 3 is 3.00 bits per heavy atom. The second-order valence-electron chi connectivity index (χ2n) is 5.74. The van der Waals surface area contributed by atoms with Gasteiger partial charge in [0.05, 0.1) is 6.10 Å². The highest BCUT2D eigenvalue weighted by atomic mass is 16.5. The van der Waals surface area contributed by atoms with E-state index in [-0.39, 0.29) is 12.0 Å². The Morgan fingerprint density at radius 1 is 1.48 bits per heavy atom. The summed E-state index contributed by atoms with van der Waals surface area (Å²) in [5.74, 6) is 0.117. The Morgan fingerprint density at radius 2 is 2.29 bits per heavy atom. The Balaban J connectivity index is 2.11. The molecule has 1 N–H and O–H groups in total. The molecule has 1 unspecified atom stereocenters. The van der Waals surface area contributed by atoms with Gasteiger partial charge in [0.1, 0.15) is 0 Å². The smallest absolute Gasteiger partial charge is 0.254 e. The maximum atomic E-state index is 12.7. The molecule has 2 rings (SSSR count). The summed E-state index contributed by atoms with van der Waals surface area (Å²) in [6, 6.07) is 5.99. The lowest BCUT2D eigenvalue weighted by Gasteiger charge is -2.23. The zero-order valence-electron chi connectivity index (χ0n) is 13.3. The molecular formula is C17H26N2O2. The molecule has 0 aromatic heterocycles. The first-order chi connectivity index (χ1) is 10.1. The summed E-state index contributed by atoms with van der Waals surface area (Å²) in [5, 5.41) is 3.35. The van der Waals surface area contributed by atoms with Crippen LogP contribution < -0.4 is 5.32 Å². The Labute approximate surface area is 127 Å². The molecule has 4 nitrogen and oxygen atoms in total. The maximum absolute atomic E-state index is 12.7. The fraction of sp³-hybridized carbons (Fsp3) is 0.588. The number of amides is 1. The van der Waals surface area contributed by atoms with Crippen LogP contribution in [0.5, 0.6) is 0 Å². The van der Waals surface area contributed by atoms with Crippen LogP contribution in [0.3, 0.4) is 0 Å². The van der Waals surface area contributed by atoms with Crippen molar-refractivity contribution in [2.75, 3.05) is 31.6 Å². The van der Waals surface area contributed by atoms with Gasteiger partial charge in [-0.15, -0.1) is 0 Å². The highest BCUT2D eigenvalue weighted by Gasteiger charge is 2.22. The predicted molar refractivity (Wildman–Crippen MR) is 85.9 cm³/mol. The van der Waals surface area contributed by atoms with Crippen LogP contribution in [0.2, 0.25) is 0 Å². The molecule has 1 aromatic rings. The van der Waals surface area contributed by atoms with Crippen LogP contribution in [-0.4, -0.2) is 43.2 Å². The third kappa shape index (κ3) is 4.21. The number of anilines is 1. The first-order valence-electron chi connectivity index (χ1n) is 7.87. The number of hydrogen-bond acceptors (Lipinski definition) is 3. The zero-order chi connectivity index (χ0) is 15.2. The molecule has 0 saturated carbocycles. The summed E-state index contributed by atoms with van der Waals surface area (Å²) in [6.07, 6.45) is 2.11. The number of benzene rings is 1. The van der Waals surface area contributed by atoms with Crippen molar-refractivity contribution < 1.29 is 9.53 Å². The molecule has 0 radical (unpaired) electrons. The van der Waals surface area contributed by atoms with E-state index in [0.29, 0.717) is 6.54 Å². The fourth-order valence-corrected chi connectivity index (χ4v) is 2.63. The standard InChI is InChI=1S/C17H26N2O2/c1-4-8-18-15-6-7-16(13(2)11-15)17(20)19-9-5-10-21-14(3)12-19/h6-7,11,14,18H,4-5,8-10,12H2,1-3H3. The first kappa shape index (κ1) is 15.8. The molecule has 1 aromatic carbocycles. The van der Waals surface area contributed by atoms with Gasteiger partial charge in [-0.2, -0.15) is 0 Å². The molecule has 1 fully saturated rings. The lowest BCUT2D eigenvalue weighted by Crippen LogP contribution is -2.36. The summed E-state index contributed by atoms with van der Waals surface area (Å²) in [4.78, 5) is 14.6. The van der Waals surface area contributed by atoms with Crippen LogP contribution in [0.15, 0.2) is 18.2 Å². The summed E-state index contributed by atoms with van der Waals surface area (Å²) in [6.45, 7) is 9.31. The number of carbonyl (C=O) groups excluding carboxylic acids is 1. The summed E-state index contributed by atoms with van der Waals surface area (Å²) in [7, 11) is 0. The van der Waals surface area contributed by atoms with E-state index in [2.05, 4.69) is 18.3 Å². The van der Waals surface area contributed by atoms with Crippen molar-refractivity contribution in [3.63, 3.8) is 0 Å². The van der Waals surface area contributed by atoms with Gasteiger partial charge in [-0.1, -0.05) is 6.92 Å². The van der Waals surface area contributed by atoms with Gasteiger partial charge in [-0.25, -0.2) is 0 Å². The SMILES string of the molecule is CCCNc1ccc(C(=O)N2CCCOC(C)C2)c(C)c1. The monoisotopic (exact) mass is 290 g/mol. The summed E-state index contributed by atoms with van der Waals surface area (Å²) < 4.78 is 5.61. The van der Waals surface area contributed by atoms with Crippen molar-refractivity contribution in [3.8, 4) is 0 Å². The van der Waals surface area contributed by atoms with Crippen molar-refractivity contribution >= 4 is 11.6 Å². The molecule has 1 saturated heterocycles. The zero-order valence-corrected chi connectivity index (χ0v) is 13.3. The molecule has 0 bridgehead atoms. The molecule has 0 spiro atoms. The van der Waals surface area contributed by atoms with Gasteiger partial charge in [0.2, 0.25) is 0 Å². The van der Waals surface area contributed by atoms with E-state index in [1.54, 1.807) is 0 Å². The minimum atomic E-state index is 0.113. The lowest BCUT2D eigenvalue weighted by molar-refractivity contribution is 0.0562. The van der Waals surface area contributed by atoms with E-state index < -0.39 is 0 Å². The minimum Gasteiger partial charge on any atom is -0.385 e. The van der Waals surface area contributed by atoms with E-state index in [9.17, 15) is 4.79 Å². The van der Waals surface area contributed by atoms with E-state index in [0.717, 1.165) is 49.4 Å². The highest BCUT2D eigenvalue weighted by Crippen LogP contribution is 2.18. The number of nitrogens with zero attached hydrogens (tertiary/aromatic N) is 1. The van der Waals surface area contributed by atoms with Crippen LogP contribution in [0.4, 0.5) is 5.69 Å². The molecule has 4 heteroatoms. The second-order valence-corrected chi connectivity index (χ2v) is 5.74. The number of rotatable bonds is 4. The van der Waals surface area contributed by atoms with E-state index >= 15 is 0 Å². The number of carbonyl (C=O) groups is 1. The average molecular weight is 290 g/mol. The minimum absolute atomic E-state index is 0.113. The largest absolute Gasteiger partial charge is 0.385 e. The van der Waals surface area contributed by atoms with Crippen molar-refractivity contribution in [3.05, 3.63) is 29.3 Å². The van der Waals surface area contributed by atoms with Gasteiger partial charge < -0.3 is 15.0 Å². The molecule has 1 atom stereocenters. The number of nitrogens with one attached hydrogen (secondary N) is 1. The predicted octanol–water partition coefficient (Wildman–Crippen LogP) is 3.07. The molecule has 0 aliphatic carbocycles. The van der Waals surface area contributed by atoms with Crippen molar-refractivity contribution in [1.29, 1.82) is 0 Å². The third-order valence-corrected chi connectivity index (χ3v) is 3.78. The highest BCUT2D eigenvalue weighted by molar-refractivity contribution is 5.96. The Hall–Kier alpha value is -1.55. The van der Waals surface area contributed by atoms with Crippen molar-refractivity contribution in [1.82, 2.24) is 4.90 Å². The van der Waals surface area contributed by atoms with Gasteiger partial charge >= 0.3 is 0 Å². The third-order valence-electron chi connectivity index (χ3n) is 3.78. The number of aryl methyl sites for hydroxylation is 1. The Bertz CT molecular complexity index is 488. The van der Waals surface area contributed by atoms with Crippen molar-refractivity contribution in [2.45, 2.75) is 39.7 Å². The first-order valence-corrected chi connectivity index (χ1v) is 7.87. The summed E-state index contributed by atoms with van der Waals surface area (Å²) in [5.41, 5.74) is 2.91. The lowest BCUT2D eigenvalue weighted by atomic mass is 10.1. The van der Waals surface area contributed by atoms with Gasteiger partial charge in [-0.05, 0) is 50.5 Å². The Kier molecular flexibility index (Phi) is 5.62. The quantitative estimate of drug-likeness (QED) is 0.926. The van der Waals surface area contributed by atoms with Crippen LogP contribution >= 0.6 is 0 Å². The normalized spacial score (nSPS) is 19.2. The molecule has 21 heavy (non-hydrogen) atoms. The second kappa shape index (κ2) is 7.46. The molecule has 116 valence electrons. The van der Waals surface area contributed by atoms with Crippen molar-refractivity contribution in [2.24, 2.45) is 0 Å². The maximum Gasteiger partial charge on any atom is 0.254 e. The molecule has 1 heterocycles.